The molecular weight excluding hydrogens is 528 g/mol. The van der Waals surface area contributed by atoms with E-state index < -0.39 is 0 Å². The number of piperazine rings is 1. The number of piperidine rings is 1. The molecule has 3 fully saturated rings. The van der Waals surface area contributed by atoms with Gasteiger partial charge in [-0.25, -0.2) is 4.98 Å². The molecule has 2 saturated heterocycles. The third kappa shape index (κ3) is 6.95. The maximum atomic E-state index is 12.2. The van der Waals surface area contributed by atoms with Crippen LogP contribution in [0.1, 0.15) is 36.1 Å². The van der Waals surface area contributed by atoms with E-state index in [2.05, 4.69) is 44.2 Å². The molecule has 2 aliphatic heterocycles. The van der Waals surface area contributed by atoms with Crippen molar-refractivity contribution in [1.29, 1.82) is 0 Å². The number of carbonyl (C=O) groups is 1. The van der Waals surface area contributed by atoms with Gasteiger partial charge in [0.25, 0.3) is 0 Å². The fourth-order valence-electron chi connectivity index (χ4n) is 5.28. The van der Waals surface area contributed by atoms with E-state index in [4.69, 9.17) is 15.0 Å². The van der Waals surface area contributed by atoms with Crippen molar-refractivity contribution in [1.82, 2.24) is 29.7 Å². The molecule has 2 aromatic heterocycles. The first-order valence-electron chi connectivity index (χ1n) is 13.9. The van der Waals surface area contributed by atoms with Crippen molar-refractivity contribution in [3.05, 3.63) is 40.9 Å². The average molecular weight is 565 g/mol. The Hall–Kier alpha value is -2.60. The number of aryl methyl sites for hydroxylation is 1. The van der Waals surface area contributed by atoms with E-state index in [0.717, 1.165) is 59.5 Å². The van der Waals surface area contributed by atoms with Crippen molar-refractivity contribution in [3.8, 4) is 0 Å². The van der Waals surface area contributed by atoms with Gasteiger partial charge in [0.1, 0.15) is 5.78 Å². The summed E-state index contributed by atoms with van der Waals surface area (Å²) < 4.78 is 0. The normalized spacial score (nSPS) is 19.4. The lowest BCUT2D eigenvalue weighted by Gasteiger charge is -2.42. The number of hydrogen-bond donors (Lipinski definition) is 1. The summed E-state index contributed by atoms with van der Waals surface area (Å²) in [5, 5.41) is 4.72. The monoisotopic (exact) mass is 564 g/mol. The lowest BCUT2D eigenvalue weighted by atomic mass is 10.0. The molecule has 0 spiro atoms. The van der Waals surface area contributed by atoms with Gasteiger partial charge in [-0.3, -0.25) is 15.0 Å². The third-order valence-electron chi connectivity index (χ3n) is 7.79. The number of nitrogens with zero attached hydrogens (tertiary/aromatic N) is 7. The predicted octanol–water partition coefficient (Wildman–Crippen LogP) is 4.27. The van der Waals surface area contributed by atoms with Gasteiger partial charge < -0.3 is 9.80 Å². The Morgan fingerprint density at radius 3 is 2.41 bits per heavy atom. The van der Waals surface area contributed by atoms with Crippen molar-refractivity contribution in [2.45, 2.75) is 55.1 Å². The molecule has 39 heavy (non-hydrogen) atoms. The molecule has 0 radical (unpaired) electrons. The van der Waals surface area contributed by atoms with E-state index in [9.17, 15) is 4.79 Å². The van der Waals surface area contributed by atoms with Crippen LogP contribution in [0.15, 0.2) is 40.5 Å². The number of thiazole rings is 1. The van der Waals surface area contributed by atoms with Crippen LogP contribution < -0.4 is 10.2 Å². The molecule has 9 nitrogen and oxygen atoms in total. The number of likely N-dealkylation sites (tertiary alicyclic amines) is 1. The Kier molecular flexibility index (Phi) is 8.10. The van der Waals surface area contributed by atoms with E-state index in [1.54, 1.807) is 11.3 Å². The minimum Gasteiger partial charge on any atom is -0.338 e. The van der Waals surface area contributed by atoms with Crippen LogP contribution in [0.3, 0.4) is 0 Å². The standard InChI is InChI=1S/C28H36N8OS2/c1-19-18-29-27(38-19)31-25-30-26(36-15-13-35(14-16-36)22-9-11-34(2)12-10-22)33-28(32-25)39-23-7-3-20(4-8-23)17-24(37)21-5-6-21/h3-4,7-8,18,21-22H,5-6,9-17H2,1-2H3,(H,29,30,31,32,33). The molecule has 3 aromatic rings. The molecule has 1 aromatic carbocycles. The zero-order valence-electron chi connectivity index (χ0n) is 22.7. The van der Waals surface area contributed by atoms with Gasteiger partial charge in [-0.15, -0.1) is 11.3 Å². The van der Waals surface area contributed by atoms with Gasteiger partial charge in [0, 0.05) is 60.5 Å². The van der Waals surface area contributed by atoms with Gasteiger partial charge in [-0.2, -0.15) is 15.0 Å². The summed E-state index contributed by atoms with van der Waals surface area (Å²) in [7, 11) is 2.22. The third-order valence-corrected chi connectivity index (χ3v) is 9.49. The van der Waals surface area contributed by atoms with Crippen LogP contribution in [-0.4, -0.2) is 87.9 Å². The lowest BCUT2D eigenvalue weighted by molar-refractivity contribution is -0.119. The number of rotatable bonds is 9. The van der Waals surface area contributed by atoms with Gasteiger partial charge in [0.2, 0.25) is 11.9 Å². The number of ketones is 1. The molecule has 1 aliphatic carbocycles. The molecule has 1 saturated carbocycles. The van der Waals surface area contributed by atoms with E-state index >= 15 is 0 Å². The number of hydrogen-bond acceptors (Lipinski definition) is 11. The fraction of sp³-hybridized carbons (Fsp3) is 0.536. The van der Waals surface area contributed by atoms with Crippen LogP contribution in [0.5, 0.6) is 0 Å². The van der Waals surface area contributed by atoms with Gasteiger partial charge in [-0.1, -0.05) is 12.1 Å². The molecule has 6 rings (SSSR count). The average Bonchev–Trinajstić information content (AvgIpc) is 3.72. The smallest absolute Gasteiger partial charge is 0.234 e. The SMILES string of the molecule is Cc1cnc(Nc2nc(Sc3ccc(CC(=O)C4CC4)cc3)nc(N3CCN(C4CCN(C)CC4)CC3)n2)s1. The lowest BCUT2D eigenvalue weighted by Crippen LogP contribution is -2.53. The maximum absolute atomic E-state index is 12.2. The highest BCUT2D eigenvalue weighted by molar-refractivity contribution is 7.99. The Labute approximate surface area is 238 Å². The first-order valence-corrected chi connectivity index (χ1v) is 15.5. The highest BCUT2D eigenvalue weighted by Gasteiger charge is 2.29. The summed E-state index contributed by atoms with van der Waals surface area (Å²) in [5.41, 5.74) is 1.07. The van der Waals surface area contributed by atoms with Crippen molar-refractivity contribution in [2.75, 3.05) is 56.5 Å². The number of anilines is 3. The summed E-state index contributed by atoms with van der Waals surface area (Å²) in [6.07, 6.45) is 6.98. The Morgan fingerprint density at radius 2 is 1.74 bits per heavy atom. The van der Waals surface area contributed by atoms with Gasteiger partial charge >= 0.3 is 0 Å². The number of nitrogens with one attached hydrogen (secondary N) is 1. The molecule has 0 unspecified atom stereocenters. The number of aromatic nitrogens is 4. The predicted molar refractivity (Wildman–Crippen MR) is 156 cm³/mol. The Morgan fingerprint density at radius 1 is 1.00 bits per heavy atom. The molecule has 11 heteroatoms. The molecule has 206 valence electrons. The van der Waals surface area contributed by atoms with Crippen molar-refractivity contribution < 1.29 is 4.79 Å². The molecular formula is C28H36N8OS2. The van der Waals surface area contributed by atoms with Crippen molar-refractivity contribution >= 4 is 45.9 Å². The number of Topliss-reactive ketones (excluding diaryl/α,β-unsaturated/α-hetero) is 1. The van der Waals surface area contributed by atoms with Gasteiger partial charge in [0.15, 0.2) is 10.3 Å². The topological polar surface area (TPSA) is 90.4 Å². The summed E-state index contributed by atoms with van der Waals surface area (Å²) in [6, 6.07) is 8.89. The van der Waals surface area contributed by atoms with E-state index in [1.807, 2.05) is 25.3 Å². The summed E-state index contributed by atoms with van der Waals surface area (Å²) in [4.78, 5) is 40.6. The van der Waals surface area contributed by atoms with E-state index in [0.29, 0.717) is 41.2 Å². The van der Waals surface area contributed by atoms with Crippen LogP contribution >= 0.6 is 23.1 Å². The van der Waals surface area contributed by atoms with Gasteiger partial charge in [0.05, 0.1) is 0 Å². The summed E-state index contributed by atoms with van der Waals surface area (Å²) >= 11 is 3.10. The molecule has 0 atom stereocenters. The summed E-state index contributed by atoms with van der Waals surface area (Å²) in [6.45, 7) is 8.26. The summed E-state index contributed by atoms with van der Waals surface area (Å²) in [5.74, 6) is 1.88. The fourth-order valence-corrected chi connectivity index (χ4v) is 6.68. The largest absolute Gasteiger partial charge is 0.338 e. The van der Waals surface area contributed by atoms with E-state index in [1.165, 1.54) is 37.7 Å². The zero-order chi connectivity index (χ0) is 26.8. The van der Waals surface area contributed by atoms with Crippen LogP contribution in [0, 0.1) is 12.8 Å². The quantitative estimate of drug-likeness (QED) is 0.406. The first kappa shape index (κ1) is 26.6. The molecule has 3 aliphatic rings. The minimum atomic E-state index is 0.293. The molecule has 1 N–H and O–H groups in total. The highest BCUT2D eigenvalue weighted by atomic mass is 32.2. The van der Waals surface area contributed by atoms with E-state index in [-0.39, 0.29) is 0 Å². The second kappa shape index (κ2) is 11.9. The first-order chi connectivity index (χ1) is 19.0. The van der Waals surface area contributed by atoms with Crippen LogP contribution in [0.25, 0.3) is 0 Å². The molecule has 0 bridgehead atoms. The van der Waals surface area contributed by atoms with Gasteiger partial charge in [-0.05, 0) is 82.2 Å². The van der Waals surface area contributed by atoms with Crippen molar-refractivity contribution in [2.24, 2.45) is 5.92 Å². The molecule has 0 amide bonds. The minimum absolute atomic E-state index is 0.293. The second-order valence-electron chi connectivity index (χ2n) is 10.9. The Balaban J connectivity index is 1.16. The van der Waals surface area contributed by atoms with Crippen LogP contribution in [0.2, 0.25) is 0 Å². The number of carbonyl (C=O) groups excluding carboxylic acids is 1. The highest BCUT2D eigenvalue weighted by Crippen LogP contribution is 2.32. The van der Waals surface area contributed by atoms with Crippen LogP contribution in [0.4, 0.5) is 17.0 Å². The number of benzene rings is 1. The zero-order valence-corrected chi connectivity index (χ0v) is 24.3. The van der Waals surface area contributed by atoms with Crippen LogP contribution in [-0.2, 0) is 11.2 Å². The van der Waals surface area contributed by atoms with Crippen molar-refractivity contribution in [3.63, 3.8) is 0 Å². The maximum Gasteiger partial charge on any atom is 0.234 e. The Bertz CT molecular complexity index is 1280. The molecule has 4 heterocycles. The second-order valence-corrected chi connectivity index (χ2v) is 13.1.